The van der Waals surface area contributed by atoms with Crippen LogP contribution in [0.5, 0.6) is 0 Å². The lowest BCUT2D eigenvalue weighted by molar-refractivity contribution is 1.18. The lowest BCUT2D eigenvalue weighted by Gasteiger charge is -2.30. The van der Waals surface area contributed by atoms with Gasteiger partial charge in [-0.3, -0.25) is 0 Å². The predicted octanol–water partition coefficient (Wildman–Crippen LogP) is 17.3. The summed E-state index contributed by atoms with van der Waals surface area (Å²) in [4.78, 5) is 2.49. The normalized spacial score (nSPS) is 11.5. The first-order chi connectivity index (χ1) is 31.3. The molecule has 0 unspecified atom stereocenters. The molecule has 0 bridgehead atoms. The third-order valence-corrected chi connectivity index (χ3v) is 13.6. The Morgan fingerprint density at radius 3 is 1.70 bits per heavy atom. The molecule has 0 fully saturated rings. The highest BCUT2D eigenvalue weighted by Gasteiger charge is 2.24. The second kappa shape index (κ2) is 15.5. The number of thiophene rings is 1. The van der Waals surface area contributed by atoms with Gasteiger partial charge in [-0.1, -0.05) is 182 Å². The monoisotopic (exact) mass is 820 g/mol. The SMILES string of the molecule is c1ccc(-c2ccccc2-c2c(-c3ccccc3)cccc2N(c2cccc(-c3cccc4c3sc3ccccc34)c2)c2ccc3c(c2)c2ccccc2n3-c2ccccc2)cc1. The topological polar surface area (TPSA) is 8.17 Å². The minimum absolute atomic E-state index is 1.08. The molecule has 0 N–H and O–H groups in total. The van der Waals surface area contributed by atoms with E-state index < -0.39 is 0 Å². The van der Waals surface area contributed by atoms with Gasteiger partial charge in [0.15, 0.2) is 0 Å². The van der Waals surface area contributed by atoms with E-state index in [1.807, 2.05) is 11.3 Å². The predicted molar refractivity (Wildman–Crippen MR) is 270 cm³/mol. The van der Waals surface area contributed by atoms with Gasteiger partial charge in [0.25, 0.3) is 0 Å². The van der Waals surface area contributed by atoms with Crippen molar-refractivity contribution in [2.24, 2.45) is 0 Å². The number of hydrogen-bond donors (Lipinski definition) is 0. The van der Waals surface area contributed by atoms with Crippen LogP contribution in [0.25, 0.3) is 92.2 Å². The number of aromatic nitrogens is 1. The fourth-order valence-corrected chi connectivity index (χ4v) is 10.8. The molecule has 2 aromatic heterocycles. The second-order valence-corrected chi connectivity index (χ2v) is 17.1. The van der Waals surface area contributed by atoms with Crippen LogP contribution >= 0.6 is 11.3 Å². The Balaban J connectivity index is 1.15. The summed E-state index contributed by atoms with van der Waals surface area (Å²) in [6, 6.07) is 88.5. The van der Waals surface area contributed by atoms with Crippen molar-refractivity contribution in [2.75, 3.05) is 4.90 Å². The third kappa shape index (κ3) is 6.33. The van der Waals surface area contributed by atoms with Gasteiger partial charge in [-0.15, -0.1) is 11.3 Å². The summed E-state index contributed by atoms with van der Waals surface area (Å²) in [5, 5.41) is 5.02. The largest absolute Gasteiger partial charge is 0.310 e. The Hall–Kier alpha value is -7.98. The van der Waals surface area contributed by atoms with Gasteiger partial charge in [0.2, 0.25) is 0 Å². The van der Waals surface area contributed by atoms with Crippen LogP contribution in [0.1, 0.15) is 0 Å². The molecule has 12 aromatic rings. The summed E-state index contributed by atoms with van der Waals surface area (Å²) < 4.78 is 5.00. The summed E-state index contributed by atoms with van der Waals surface area (Å²) in [5.74, 6) is 0. The van der Waals surface area contributed by atoms with Crippen LogP contribution in [0.3, 0.4) is 0 Å². The zero-order valence-electron chi connectivity index (χ0n) is 34.4. The average molecular weight is 821 g/mol. The zero-order chi connectivity index (χ0) is 41.7. The molecule has 0 saturated carbocycles. The van der Waals surface area contributed by atoms with Crippen molar-refractivity contribution in [3.8, 4) is 50.2 Å². The van der Waals surface area contributed by atoms with Gasteiger partial charge >= 0.3 is 0 Å². The van der Waals surface area contributed by atoms with Crippen molar-refractivity contribution in [1.29, 1.82) is 0 Å². The van der Waals surface area contributed by atoms with E-state index in [9.17, 15) is 0 Å². The number of fused-ring (bicyclic) bond motifs is 6. The summed E-state index contributed by atoms with van der Waals surface area (Å²) in [7, 11) is 0. The lowest BCUT2D eigenvalue weighted by Crippen LogP contribution is -2.12. The van der Waals surface area contributed by atoms with Crippen LogP contribution in [0.15, 0.2) is 243 Å². The van der Waals surface area contributed by atoms with E-state index in [2.05, 4.69) is 252 Å². The van der Waals surface area contributed by atoms with E-state index in [-0.39, 0.29) is 0 Å². The average Bonchev–Trinajstić information content (AvgIpc) is 3.91. The molecule has 0 amide bonds. The highest BCUT2D eigenvalue weighted by atomic mass is 32.1. The zero-order valence-corrected chi connectivity index (χ0v) is 35.2. The molecule has 0 saturated heterocycles. The van der Waals surface area contributed by atoms with Gasteiger partial charge in [-0.25, -0.2) is 0 Å². The van der Waals surface area contributed by atoms with Crippen molar-refractivity contribution in [3.63, 3.8) is 0 Å². The van der Waals surface area contributed by atoms with Crippen LogP contribution in [0.2, 0.25) is 0 Å². The van der Waals surface area contributed by atoms with E-state index in [1.165, 1.54) is 86.5 Å². The van der Waals surface area contributed by atoms with Gasteiger partial charge in [0.05, 0.1) is 16.7 Å². The van der Waals surface area contributed by atoms with Crippen molar-refractivity contribution in [2.45, 2.75) is 0 Å². The molecule has 0 spiro atoms. The molecular formula is C60H40N2S. The number of para-hydroxylation sites is 2. The van der Waals surface area contributed by atoms with E-state index >= 15 is 0 Å². The minimum atomic E-state index is 1.08. The number of nitrogens with zero attached hydrogens (tertiary/aromatic N) is 2. The molecule has 10 aromatic carbocycles. The summed E-state index contributed by atoms with van der Waals surface area (Å²) in [5.41, 5.74) is 16.3. The maximum absolute atomic E-state index is 2.49. The van der Waals surface area contributed by atoms with Crippen LogP contribution < -0.4 is 4.90 Å². The van der Waals surface area contributed by atoms with Crippen LogP contribution in [-0.4, -0.2) is 4.57 Å². The Morgan fingerprint density at radius 2 is 0.889 bits per heavy atom. The van der Waals surface area contributed by atoms with Crippen LogP contribution in [0, 0.1) is 0 Å². The van der Waals surface area contributed by atoms with Gasteiger partial charge in [-0.2, -0.15) is 0 Å². The first-order valence-corrected chi connectivity index (χ1v) is 22.3. The Bertz CT molecular complexity index is 3620. The standard InChI is InChI=1S/C60H40N2S/c1-4-19-41(20-5-1)47-27-10-11-30-52(47)59-48(42-21-6-2-7-22-42)31-18-35-57(59)61(45-26-16-23-43(39-45)49-32-17-33-53-51-29-13-15-36-58(51)63-60(49)53)46-37-38-56-54(40-46)50-28-12-14-34-55(50)62(56)44-24-8-3-9-25-44/h1-40H. The van der Waals surface area contributed by atoms with Gasteiger partial charge in [-0.05, 0) is 99.6 Å². The number of rotatable bonds is 8. The molecule has 0 atom stereocenters. The molecule has 12 rings (SSSR count). The first-order valence-electron chi connectivity index (χ1n) is 21.5. The van der Waals surface area contributed by atoms with E-state index in [4.69, 9.17) is 0 Å². The van der Waals surface area contributed by atoms with Gasteiger partial charge in [0.1, 0.15) is 0 Å². The maximum atomic E-state index is 2.49. The molecule has 63 heavy (non-hydrogen) atoms. The number of hydrogen-bond acceptors (Lipinski definition) is 2. The highest BCUT2D eigenvalue weighted by molar-refractivity contribution is 7.26. The summed E-state index contributed by atoms with van der Waals surface area (Å²) >= 11 is 1.88. The van der Waals surface area contributed by atoms with Crippen molar-refractivity contribution >= 4 is 70.4 Å². The molecule has 0 radical (unpaired) electrons. The first kappa shape index (κ1) is 36.8. The van der Waals surface area contributed by atoms with Gasteiger partial charge in [0, 0.05) is 53.6 Å². The molecule has 0 aliphatic rings. The Kier molecular flexibility index (Phi) is 9.06. The smallest absolute Gasteiger partial charge is 0.0546 e. The van der Waals surface area contributed by atoms with Crippen LogP contribution in [0.4, 0.5) is 17.1 Å². The summed E-state index contributed by atoms with van der Waals surface area (Å²) in [6.07, 6.45) is 0. The highest BCUT2D eigenvalue weighted by Crippen LogP contribution is 2.50. The van der Waals surface area contributed by atoms with E-state index in [0.29, 0.717) is 0 Å². The Labute approximate surface area is 370 Å². The van der Waals surface area contributed by atoms with Crippen molar-refractivity contribution in [1.82, 2.24) is 4.57 Å². The fourth-order valence-electron chi connectivity index (χ4n) is 9.61. The van der Waals surface area contributed by atoms with Crippen molar-refractivity contribution < 1.29 is 0 Å². The second-order valence-electron chi connectivity index (χ2n) is 16.0. The quantitative estimate of drug-likeness (QED) is 0.148. The molecule has 3 heteroatoms. The number of benzene rings is 10. The summed E-state index contributed by atoms with van der Waals surface area (Å²) in [6.45, 7) is 0. The molecule has 0 aliphatic carbocycles. The number of anilines is 3. The Morgan fingerprint density at radius 1 is 0.333 bits per heavy atom. The fraction of sp³-hybridized carbons (Fsp3) is 0. The maximum Gasteiger partial charge on any atom is 0.0546 e. The van der Waals surface area contributed by atoms with Crippen LogP contribution in [-0.2, 0) is 0 Å². The molecule has 296 valence electrons. The molecule has 2 heterocycles. The molecule has 2 nitrogen and oxygen atoms in total. The molecule has 0 aliphatic heterocycles. The van der Waals surface area contributed by atoms with Gasteiger partial charge < -0.3 is 9.47 Å². The minimum Gasteiger partial charge on any atom is -0.310 e. The molecular weight excluding hydrogens is 781 g/mol. The van der Waals surface area contributed by atoms with E-state index in [1.54, 1.807) is 0 Å². The third-order valence-electron chi connectivity index (χ3n) is 12.4. The van der Waals surface area contributed by atoms with Crippen molar-refractivity contribution in [3.05, 3.63) is 243 Å². The lowest BCUT2D eigenvalue weighted by atomic mass is 9.87. The van der Waals surface area contributed by atoms with E-state index in [0.717, 1.165) is 22.7 Å².